The Balaban J connectivity index is 1.47. The molecular formula is C21H20N4O2. The fraction of sp³-hybridized carbons (Fsp3) is 0.190. The second-order valence-electron chi connectivity index (χ2n) is 6.53. The summed E-state index contributed by atoms with van der Waals surface area (Å²) in [6.45, 7) is 0.999. The average Bonchev–Trinajstić information content (AvgIpc) is 3.15. The molecule has 4 rings (SSSR count). The lowest BCUT2D eigenvalue weighted by atomic mass is 10.1. The van der Waals surface area contributed by atoms with Crippen molar-refractivity contribution >= 4 is 17.5 Å². The van der Waals surface area contributed by atoms with Crippen molar-refractivity contribution in [1.29, 1.82) is 0 Å². The number of aromatic nitrogens is 2. The van der Waals surface area contributed by atoms with Gasteiger partial charge in [-0.05, 0) is 36.8 Å². The van der Waals surface area contributed by atoms with E-state index in [-0.39, 0.29) is 5.91 Å². The lowest BCUT2D eigenvalue weighted by Gasteiger charge is -2.15. The zero-order valence-corrected chi connectivity index (χ0v) is 14.7. The minimum Gasteiger partial charge on any atom is -0.391 e. The Morgan fingerprint density at radius 1 is 1.07 bits per heavy atom. The van der Waals surface area contributed by atoms with Crippen LogP contribution in [0.15, 0.2) is 66.9 Å². The van der Waals surface area contributed by atoms with Gasteiger partial charge in [-0.25, -0.2) is 9.97 Å². The number of benzene rings is 2. The number of aliphatic hydroxyl groups excluding tert-OH is 1. The Morgan fingerprint density at radius 3 is 2.56 bits per heavy atom. The maximum atomic E-state index is 12.4. The molecule has 2 aromatic carbocycles. The van der Waals surface area contributed by atoms with E-state index in [2.05, 4.69) is 15.3 Å². The van der Waals surface area contributed by atoms with Gasteiger partial charge in [0.1, 0.15) is 0 Å². The molecule has 6 heteroatoms. The van der Waals surface area contributed by atoms with Gasteiger partial charge < -0.3 is 15.3 Å². The number of hydrogen-bond acceptors (Lipinski definition) is 5. The van der Waals surface area contributed by atoms with E-state index in [0.29, 0.717) is 31.0 Å². The number of hydrogen-bond donors (Lipinski definition) is 2. The number of aliphatic hydroxyl groups is 1. The second kappa shape index (κ2) is 7.55. The molecule has 6 nitrogen and oxygen atoms in total. The van der Waals surface area contributed by atoms with Crippen LogP contribution in [0.4, 0.5) is 11.6 Å². The molecule has 1 saturated heterocycles. The van der Waals surface area contributed by atoms with Crippen molar-refractivity contribution in [2.75, 3.05) is 18.4 Å². The van der Waals surface area contributed by atoms with Crippen molar-refractivity contribution in [1.82, 2.24) is 14.9 Å². The standard InChI is InChI=1S/C21H20N4O2/c26-18-11-13-25(14-18)20(27)16-6-8-17(9-7-16)23-21-22-12-10-19(24-21)15-4-2-1-3-5-15/h1-10,12,18,26H,11,13-14H2,(H,22,23,24)/t18-/m1/s1. The monoisotopic (exact) mass is 360 g/mol. The number of nitrogens with zero attached hydrogens (tertiary/aromatic N) is 3. The normalized spacial score (nSPS) is 16.3. The number of carbonyl (C=O) groups excluding carboxylic acids is 1. The Labute approximate surface area is 157 Å². The number of anilines is 2. The minimum atomic E-state index is -0.413. The summed E-state index contributed by atoms with van der Waals surface area (Å²) in [5.41, 5.74) is 3.27. The third kappa shape index (κ3) is 3.96. The van der Waals surface area contributed by atoms with Gasteiger partial charge in [0, 0.05) is 36.1 Å². The summed E-state index contributed by atoms with van der Waals surface area (Å²) in [4.78, 5) is 22.9. The third-order valence-electron chi connectivity index (χ3n) is 4.56. The summed E-state index contributed by atoms with van der Waals surface area (Å²) < 4.78 is 0. The van der Waals surface area contributed by atoms with Gasteiger partial charge in [-0.2, -0.15) is 0 Å². The van der Waals surface area contributed by atoms with E-state index in [9.17, 15) is 9.90 Å². The Bertz CT molecular complexity index is 928. The molecule has 27 heavy (non-hydrogen) atoms. The molecule has 2 heterocycles. The molecule has 136 valence electrons. The Kier molecular flexibility index (Phi) is 4.80. The summed E-state index contributed by atoms with van der Waals surface area (Å²) in [5, 5.41) is 12.8. The minimum absolute atomic E-state index is 0.0552. The number of nitrogens with one attached hydrogen (secondary N) is 1. The van der Waals surface area contributed by atoms with Gasteiger partial charge in [-0.1, -0.05) is 30.3 Å². The van der Waals surface area contributed by atoms with E-state index >= 15 is 0 Å². The van der Waals surface area contributed by atoms with Crippen LogP contribution in [0, 0.1) is 0 Å². The van der Waals surface area contributed by atoms with Gasteiger partial charge in [0.15, 0.2) is 0 Å². The van der Waals surface area contributed by atoms with Crippen LogP contribution in [0.25, 0.3) is 11.3 Å². The summed E-state index contributed by atoms with van der Waals surface area (Å²) in [5.74, 6) is 0.443. The van der Waals surface area contributed by atoms with Gasteiger partial charge in [-0.3, -0.25) is 4.79 Å². The van der Waals surface area contributed by atoms with E-state index in [0.717, 1.165) is 16.9 Å². The Hall–Kier alpha value is -3.25. The molecule has 2 N–H and O–H groups in total. The topological polar surface area (TPSA) is 78.4 Å². The first kappa shape index (κ1) is 17.2. The van der Waals surface area contributed by atoms with Gasteiger partial charge in [0.05, 0.1) is 11.8 Å². The zero-order chi connectivity index (χ0) is 18.6. The highest BCUT2D eigenvalue weighted by atomic mass is 16.3. The van der Waals surface area contributed by atoms with Crippen LogP contribution in [0.1, 0.15) is 16.8 Å². The molecule has 1 aliphatic rings. The molecule has 0 radical (unpaired) electrons. The molecule has 0 aliphatic carbocycles. The Morgan fingerprint density at radius 2 is 1.85 bits per heavy atom. The molecular weight excluding hydrogens is 340 g/mol. The highest BCUT2D eigenvalue weighted by molar-refractivity contribution is 5.94. The van der Waals surface area contributed by atoms with Crippen LogP contribution >= 0.6 is 0 Å². The van der Waals surface area contributed by atoms with Crippen LogP contribution in [-0.2, 0) is 0 Å². The summed E-state index contributed by atoms with van der Waals surface area (Å²) in [6.07, 6.45) is 1.94. The van der Waals surface area contributed by atoms with Crippen molar-refractivity contribution < 1.29 is 9.90 Å². The van der Waals surface area contributed by atoms with E-state index in [1.807, 2.05) is 48.5 Å². The first-order valence-electron chi connectivity index (χ1n) is 8.92. The van der Waals surface area contributed by atoms with Crippen molar-refractivity contribution in [3.63, 3.8) is 0 Å². The average molecular weight is 360 g/mol. The lowest BCUT2D eigenvalue weighted by Crippen LogP contribution is -2.29. The molecule has 1 fully saturated rings. The molecule has 1 amide bonds. The fourth-order valence-electron chi connectivity index (χ4n) is 3.12. The molecule has 0 bridgehead atoms. The molecule has 1 aliphatic heterocycles. The van der Waals surface area contributed by atoms with Gasteiger partial charge in [0.25, 0.3) is 5.91 Å². The lowest BCUT2D eigenvalue weighted by molar-refractivity contribution is 0.0765. The molecule has 0 saturated carbocycles. The summed E-state index contributed by atoms with van der Waals surface area (Å²) >= 11 is 0. The predicted octanol–water partition coefficient (Wildman–Crippen LogP) is 3.09. The van der Waals surface area contributed by atoms with Gasteiger partial charge >= 0.3 is 0 Å². The predicted molar refractivity (Wildman–Crippen MR) is 104 cm³/mol. The van der Waals surface area contributed by atoms with E-state index in [4.69, 9.17) is 0 Å². The molecule has 1 aromatic heterocycles. The maximum Gasteiger partial charge on any atom is 0.253 e. The molecule has 1 atom stereocenters. The largest absolute Gasteiger partial charge is 0.391 e. The number of likely N-dealkylation sites (tertiary alicyclic amines) is 1. The summed E-state index contributed by atoms with van der Waals surface area (Å²) in [6, 6.07) is 19.0. The maximum absolute atomic E-state index is 12.4. The van der Waals surface area contributed by atoms with Crippen LogP contribution in [0.3, 0.4) is 0 Å². The van der Waals surface area contributed by atoms with Crippen LogP contribution in [0.2, 0.25) is 0 Å². The SMILES string of the molecule is O=C(c1ccc(Nc2nccc(-c3ccccc3)n2)cc1)N1CC[C@@H](O)C1. The van der Waals surface area contributed by atoms with Crippen molar-refractivity contribution in [3.05, 3.63) is 72.4 Å². The highest BCUT2D eigenvalue weighted by Crippen LogP contribution is 2.20. The molecule has 0 spiro atoms. The van der Waals surface area contributed by atoms with E-state index in [1.54, 1.807) is 23.2 Å². The second-order valence-corrected chi connectivity index (χ2v) is 6.53. The van der Waals surface area contributed by atoms with E-state index in [1.165, 1.54) is 0 Å². The number of β-amino-alcohol motifs (C(OH)–C–C–N with tert-alkyl or cyclic N) is 1. The first-order valence-corrected chi connectivity index (χ1v) is 8.92. The highest BCUT2D eigenvalue weighted by Gasteiger charge is 2.25. The van der Waals surface area contributed by atoms with Crippen molar-refractivity contribution in [3.8, 4) is 11.3 Å². The van der Waals surface area contributed by atoms with Gasteiger partial charge in [0.2, 0.25) is 5.95 Å². The van der Waals surface area contributed by atoms with Crippen LogP contribution in [0.5, 0.6) is 0 Å². The van der Waals surface area contributed by atoms with Crippen molar-refractivity contribution in [2.45, 2.75) is 12.5 Å². The van der Waals surface area contributed by atoms with Gasteiger partial charge in [-0.15, -0.1) is 0 Å². The van der Waals surface area contributed by atoms with E-state index < -0.39 is 6.10 Å². The number of rotatable bonds is 4. The quantitative estimate of drug-likeness (QED) is 0.747. The zero-order valence-electron chi connectivity index (χ0n) is 14.7. The number of carbonyl (C=O) groups is 1. The number of amides is 1. The van der Waals surface area contributed by atoms with Crippen molar-refractivity contribution in [2.24, 2.45) is 0 Å². The fourth-order valence-corrected chi connectivity index (χ4v) is 3.12. The molecule has 0 unspecified atom stereocenters. The third-order valence-corrected chi connectivity index (χ3v) is 4.56. The smallest absolute Gasteiger partial charge is 0.253 e. The molecule has 3 aromatic rings. The summed E-state index contributed by atoms with van der Waals surface area (Å²) in [7, 11) is 0. The van der Waals surface area contributed by atoms with Crippen LogP contribution < -0.4 is 5.32 Å². The van der Waals surface area contributed by atoms with Crippen LogP contribution in [-0.4, -0.2) is 45.1 Å². The first-order chi connectivity index (χ1) is 13.2.